The summed E-state index contributed by atoms with van der Waals surface area (Å²) in [6, 6.07) is 16.0. The molecule has 158 valence electrons. The second kappa shape index (κ2) is 8.79. The van der Waals surface area contributed by atoms with Gasteiger partial charge in [-0.25, -0.2) is 0 Å². The summed E-state index contributed by atoms with van der Waals surface area (Å²) in [5.41, 5.74) is 2.34. The van der Waals surface area contributed by atoms with Crippen LogP contribution in [0.1, 0.15) is 17.3 Å². The van der Waals surface area contributed by atoms with E-state index in [-0.39, 0.29) is 12.5 Å². The van der Waals surface area contributed by atoms with Gasteiger partial charge in [0.2, 0.25) is 0 Å². The van der Waals surface area contributed by atoms with E-state index in [1.54, 1.807) is 31.4 Å². The van der Waals surface area contributed by atoms with Crippen molar-refractivity contribution < 1.29 is 28.2 Å². The van der Waals surface area contributed by atoms with Gasteiger partial charge in [-0.2, -0.15) is 0 Å². The molecule has 1 N–H and O–H groups in total. The molecule has 0 aliphatic carbocycles. The van der Waals surface area contributed by atoms with Crippen LogP contribution in [0.4, 0.5) is 5.69 Å². The Morgan fingerprint density at radius 1 is 0.968 bits per heavy atom. The number of furan rings is 1. The van der Waals surface area contributed by atoms with Crippen LogP contribution in [0.5, 0.6) is 17.2 Å². The van der Waals surface area contributed by atoms with Crippen molar-refractivity contribution in [2.45, 2.75) is 6.92 Å². The van der Waals surface area contributed by atoms with Crippen LogP contribution in [0.15, 0.2) is 59.0 Å². The summed E-state index contributed by atoms with van der Waals surface area (Å²) in [6.07, 6.45) is 0.722. The Morgan fingerprint density at radius 2 is 1.81 bits per heavy atom. The van der Waals surface area contributed by atoms with E-state index in [2.05, 4.69) is 5.32 Å². The lowest BCUT2D eigenvalue weighted by Gasteiger charge is -2.13. The monoisotopic (exact) mass is 419 g/mol. The number of anilines is 1. The number of carbonyl (C=O) groups is 2. The third-order valence-corrected chi connectivity index (χ3v) is 4.74. The molecule has 0 unspecified atom stereocenters. The zero-order chi connectivity index (χ0) is 21.8. The Bertz CT molecular complexity index is 1260. The number of hydrogen-bond donors (Lipinski definition) is 1. The lowest BCUT2D eigenvalue weighted by molar-refractivity contribution is -0.118. The molecule has 4 aromatic rings. The predicted molar refractivity (Wildman–Crippen MR) is 117 cm³/mol. The molecule has 1 heterocycles. The molecule has 0 radical (unpaired) electrons. The maximum Gasteiger partial charge on any atom is 0.262 e. The third-order valence-electron chi connectivity index (χ3n) is 4.74. The molecule has 0 saturated carbocycles. The fourth-order valence-electron chi connectivity index (χ4n) is 3.33. The minimum absolute atomic E-state index is 0.248. The van der Waals surface area contributed by atoms with Crippen molar-refractivity contribution in [2.24, 2.45) is 0 Å². The average Bonchev–Trinajstić information content (AvgIpc) is 3.15. The average molecular weight is 419 g/mol. The summed E-state index contributed by atoms with van der Waals surface area (Å²) in [5, 5.41) is 4.67. The number of fused-ring (bicyclic) bond motifs is 3. The first kappa shape index (κ1) is 20.3. The van der Waals surface area contributed by atoms with Gasteiger partial charge in [0.15, 0.2) is 18.1 Å². The van der Waals surface area contributed by atoms with Gasteiger partial charge in [-0.1, -0.05) is 18.2 Å². The first-order valence-corrected chi connectivity index (χ1v) is 9.77. The van der Waals surface area contributed by atoms with Crippen LogP contribution in [0.3, 0.4) is 0 Å². The van der Waals surface area contributed by atoms with Crippen LogP contribution >= 0.6 is 0 Å². The van der Waals surface area contributed by atoms with Crippen LogP contribution < -0.4 is 19.5 Å². The minimum atomic E-state index is -0.379. The van der Waals surface area contributed by atoms with Gasteiger partial charge in [0.1, 0.15) is 23.2 Å². The lowest BCUT2D eigenvalue weighted by atomic mass is 10.1. The molecule has 0 atom stereocenters. The highest BCUT2D eigenvalue weighted by Crippen LogP contribution is 2.36. The Hall–Kier alpha value is -4.00. The molecule has 0 spiro atoms. The standard InChI is InChI=1S/C24H21NO6/c1-3-29-23-10-15(13-26)8-9-20(23)30-14-24(27)25-18-12-21-17(11-22(18)28-2)16-6-4-5-7-19(16)31-21/h4-13H,3,14H2,1-2H3,(H,25,27). The van der Waals surface area contributed by atoms with Gasteiger partial charge in [0, 0.05) is 22.4 Å². The topological polar surface area (TPSA) is 87.0 Å². The Kier molecular flexibility index (Phi) is 5.75. The van der Waals surface area contributed by atoms with Crippen molar-refractivity contribution in [2.75, 3.05) is 25.6 Å². The molecule has 4 rings (SSSR count). The molecule has 0 bridgehead atoms. The van der Waals surface area contributed by atoms with Crippen LogP contribution in [0, 0.1) is 0 Å². The quantitative estimate of drug-likeness (QED) is 0.412. The minimum Gasteiger partial charge on any atom is -0.495 e. The SMILES string of the molecule is CCOc1cc(C=O)ccc1OCC(=O)Nc1cc2oc3ccccc3c2cc1OC. The second-order valence-electron chi connectivity index (χ2n) is 6.74. The summed E-state index contributed by atoms with van der Waals surface area (Å²) in [7, 11) is 1.54. The van der Waals surface area contributed by atoms with Crippen molar-refractivity contribution in [1.29, 1.82) is 0 Å². The summed E-state index contributed by atoms with van der Waals surface area (Å²) in [5.74, 6) is 0.914. The van der Waals surface area contributed by atoms with Gasteiger partial charge < -0.3 is 23.9 Å². The molecule has 0 aliphatic rings. The van der Waals surface area contributed by atoms with Gasteiger partial charge in [0.05, 0.1) is 19.4 Å². The molecular weight excluding hydrogens is 398 g/mol. The van der Waals surface area contributed by atoms with Crippen molar-refractivity contribution in [3.05, 3.63) is 60.2 Å². The van der Waals surface area contributed by atoms with E-state index in [1.807, 2.05) is 37.3 Å². The van der Waals surface area contributed by atoms with E-state index in [0.29, 0.717) is 40.7 Å². The van der Waals surface area contributed by atoms with E-state index in [4.69, 9.17) is 18.6 Å². The van der Waals surface area contributed by atoms with Crippen LogP contribution in [-0.4, -0.2) is 32.5 Å². The molecule has 7 heteroatoms. The highest BCUT2D eigenvalue weighted by Gasteiger charge is 2.15. The van der Waals surface area contributed by atoms with Crippen molar-refractivity contribution in [3.63, 3.8) is 0 Å². The lowest BCUT2D eigenvalue weighted by Crippen LogP contribution is -2.20. The van der Waals surface area contributed by atoms with E-state index in [1.165, 1.54) is 0 Å². The van der Waals surface area contributed by atoms with Gasteiger partial charge >= 0.3 is 0 Å². The number of amides is 1. The molecule has 0 saturated heterocycles. The summed E-state index contributed by atoms with van der Waals surface area (Å²) in [4.78, 5) is 23.5. The number of ether oxygens (including phenoxy) is 3. The smallest absolute Gasteiger partial charge is 0.262 e. The first-order valence-electron chi connectivity index (χ1n) is 9.77. The molecule has 1 amide bonds. The number of hydrogen-bond acceptors (Lipinski definition) is 6. The summed E-state index contributed by atoms with van der Waals surface area (Å²) in [6.45, 7) is 1.98. The zero-order valence-electron chi connectivity index (χ0n) is 17.1. The number of rotatable bonds is 8. The molecule has 3 aromatic carbocycles. The van der Waals surface area contributed by atoms with Gasteiger partial charge in [-0.05, 0) is 37.3 Å². The number of aldehydes is 1. The Labute approximate surface area is 178 Å². The van der Waals surface area contributed by atoms with Crippen molar-refractivity contribution >= 4 is 39.8 Å². The van der Waals surface area contributed by atoms with Gasteiger partial charge in [-0.15, -0.1) is 0 Å². The summed E-state index contributed by atoms with van der Waals surface area (Å²) < 4.78 is 22.5. The van der Waals surface area contributed by atoms with E-state index in [9.17, 15) is 9.59 Å². The number of carbonyl (C=O) groups excluding carboxylic acids is 2. The largest absolute Gasteiger partial charge is 0.495 e. The Morgan fingerprint density at radius 3 is 2.58 bits per heavy atom. The zero-order valence-corrected chi connectivity index (χ0v) is 17.1. The summed E-state index contributed by atoms with van der Waals surface area (Å²) >= 11 is 0. The first-order chi connectivity index (χ1) is 15.1. The number of benzene rings is 3. The van der Waals surface area contributed by atoms with Crippen molar-refractivity contribution in [1.82, 2.24) is 0 Å². The van der Waals surface area contributed by atoms with Gasteiger partial charge in [-0.3, -0.25) is 9.59 Å². The molecule has 0 aliphatic heterocycles. The van der Waals surface area contributed by atoms with Crippen LogP contribution in [0.2, 0.25) is 0 Å². The highest BCUT2D eigenvalue weighted by molar-refractivity contribution is 6.07. The molecule has 7 nitrogen and oxygen atoms in total. The van der Waals surface area contributed by atoms with Crippen LogP contribution in [-0.2, 0) is 4.79 Å². The molecule has 31 heavy (non-hydrogen) atoms. The highest BCUT2D eigenvalue weighted by atomic mass is 16.5. The van der Waals surface area contributed by atoms with E-state index < -0.39 is 0 Å². The van der Waals surface area contributed by atoms with E-state index >= 15 is 0 Å². The number of nitrogens with one attached hydrogen (secondary N) is 1. The van der Waals surface area contributed by atoms with Crippen LogP contribution in [0.25, 0.3) is 21.9 Å². The fourth-order valence-corrected chi connectivity index (χ4v) is 3.33. The fraction of sp³-hybridized carbons (Fsp3) is 0.167. The second-order valence-corrected chi connectivity index (χ2v) is 6.74. The molecular formula is C24H21NO6. The molecule has 1 aromatic heterocycles. The Balaban J connectivity index is 1.53. The third kappa shape index (κ3) is 4.16. The maximum absolute atomic E-state index is 12.5. The molecule has 0 fully saturated rings. The normalized spacial score (nSPS) is 10.8. The maximum atomic E-state index is 12.5. The number of methoxy groups -OCH3 is 1. The predicted octanol–water partition coefficient (Wildman–Crippen LogP) is 4.82. The van der Waals surface area contributed by atoms with Gasteiger partial charge in [0.25, 0.3) is 5.91 Å². The van der Waals surface area contributed by atoms with E-state index in [0.717, 1.165) is 22.6 Å². The number of para-hydroxylation sites is 1. The van der Waals surface area contributed by atoms with Crippen molar-refractivity contribution in [3.8, 4) is 17.2 Å².